The fraction of sp³-hybridized carbons (Fsp3) is 0. The lowest BCUT2D eigenvalue weighted by Crippen LogP contribution is -1.85. The molecule has 0 bridgehead atoms. The van der Waals surface area contributed by atoms with Gasteiger partial charge in [0, 0.05) is 16.8 Å². The summed E-state index contributed by atoms with van der Waals surface area (Å²) in [6.07, 6.45) is 0. The van der Waals surface area contributed by atoms with Crippen LogP contribution in [0.1, 0.15) is 0 Å². The Morgan fingerprint density at radius 3 is 2.36 bits per heavy atom. The van der Waals surface area contributed by atoms with Gasteiger partial charge in [0.2, 0.25) is 0 Å². The Hall–Kier alpha value is -1.84. The van der Waals surface area contributed by atoms with Gasteiger partial charge in [-0.3, -0.25) is 0 Å². The minimum Gasteiger partial charge on any atom is -0.508 e. The summed E-state index contributed by atoms with van der Waals surface area (Å²) in [5.41, 5.74) is 0. The van der Waals surface area contributed by atoms with Gasteiger partial charge in [-0.25, -0.2) is 8.78 Å². The number of halogens is 2. The van der Waals surface area contributed by atoms with E-state index in [1.807, 2.05) is 0 Å². The van der Waals surface area contributed by atoms with Crippen LogP contribution in [0, 0.1) is 11.6 Å². The summed E-state index contributed by atoms with van der Waals surface area (Å²) in [4.78, 5) is 0. The lowest BCUT2D eigenvalue weighted by atomic mass is 10.1. The van der Waals surface area contributed by atoms with Gasteiger partial charge in [-0.05, 0) is 18.2 Å². The van der Waals surface area contributed by atoms with Crippen LogP contribution >= 0.6 is 0 Å². The van der Waals surface area contributed by atoms with E-state index >= 15 is 0 Å². The van der Waals surface area contributed by atoms with E-state index in [2.05, 4.69) is 0 Å². The highest BCUT2D eigenvalue weighted by Gasteiger charge is 2.11. The van der Waals surface area contributed by atoms with Gasteiger partial charge >= 0.3 is 0 Å². The third-order valence-corrected chi connectivity index (χ3v) is 1.99. The third-order valence-electron chi connectivity index (χ3n) is 1.99. The molecule has 0 aromatic heterocycles. The summed E-state index contributed by atoms with van der Waals surface area (Å²) >= 11 is 0. The van der Waals surface area contributed by atoms with Crippen LogP contribution < -0.4 is 0 Å². The lowest BCUT2D eigenvalue weighted by Gasteiger charge is -2.03. The Bertz CT molecular complexity index is 509. The molecule has 2 nitrogen and oxygen atoms in total. The van der Waals surface area contributed by atoms with Gasteiger partial charge in [-0.1, -0.05) is 0 Å². The number of phenols is 2. The Morgan fingerprint density at radius 2 is 1.64 bits per heavy atom. The molecule has 0 aliphatic carbocycles. The molecule has 2 aromatic carbocycles. The first kappa shape index (κ1) is 8.74. The molecule has 2 N–H and O–H groups in total. The Labute approximate surface area is 78.0 Å². The normalized spacial score (nSPS) is 10.7. The summed E-state index contributed by atoms with van der Waals surface area (Å²) in [7, 11) is 0. The van der Waals surface area contributed by atoms with E-state index in [0.717, 1.165) is 6.07 Å². The van der Waals surface area contributed by atoms with Crippen LogP contribution in [0.2, 0.25) is 0 Å². The molecule has 2 aromatic rings. The van der Waals surface area contributed by atoms with Crippen molar-refractivity contribution in [2.75, 3.05) is 0 Å². The zero-order chi connectivity index (χ0) is 10.3. The van der Waals surface area contributed by atoms with E-state index < -0.39 is 17.4 Å². The minimum absolute atomic E-state index is 0.0553. The number of aromatic hydroxyl groups is 2. The van der Waals surface area contributed by atoms with Gasteiger partial charge < -0.3 is 10.2 Å². The molecule has 0 atom stereocenters. The maximum Gasteiger partial charge on any atom is 0.172 e. The molecule has 0 heterocycles. The summed E-state index contributed by atoms with van der Waals surface area (Å²) in [5, 5.41) is 17.9. The first-order chi connectivity index (χ1) is 6.59. The number of hydrogen-bond donors (Lipinski definition) is 2. The van der Waals surface area contributed by atoms with Crippen LogP contribution in [0.4, 0.5) is 8.78 Å². The first-order valence-electron chi connectivity index (χ1n) is 3.89. The second-order valence-corrected chi connectivity index (χ2v) is 2.92. The average molecular weight is 196 g/mol. The van der Waals surface area contributed by atoms with Gasteiger partial charge in [-0.2, -0.15) is 0 Å². The molecule has 2 rings (SSSR count). The molecule has 0 amide bonds. The fourth-order valence-corrected chi connectivity index (χ4v) is 1.32. The maximum atomic E-state index is 13.2. The van der Waals surface area contributed by atoms with Crippen molar-refractivity contribution in [3.8, 4) is 11.5 Å². The van der Waals surface area contributed by atoms with Crippen LogP contribution in [0.25, 0.3) is 10.8 Å². The molecule has 0 aliphatic rings. The highest BCUT2D eigenvalue weighted by molar-refractivity contribution is 5.86. The van der Waals surface area contributed by atoms with Crippen molar-refractivity contribution in [2.24, 2.45) is 0 Å². The quantitative estimate of drug-likeness (QED) is 0.679. The molecule has 0 fully saturated rings. The fourth-order valence-electron chi connectivity index (χ4n) is 1.32. The van der Waals surface area contributed by atoms with Crippen molar-refractivity contribution in [3.63, 3.8) is 0 Å². The number of fused-ring (bicyclic) bond motifs is 1. The van der Waals surface area contributed by atoms with E-state index in [-0.39, 0.29) is 16.5 Å². The van der Waals surface area contributed by atoms with Gasteiger partial charge in [0.15, 0.2) is 11.6 Å². The van der Waals surface area contributed by atoms with Gasteiger partial charge in [0.1, 0.15) is 11.6 Å². The number of rotatable bonds is 0. The van der Waals surface area contributed by atoms with Crippen molar-refractivity contribution in [2.45, 2.75) is 0 Å². The van der Waals surface area contributed by atoms with Crippen molar-refractivity contribution >= 4 is 10.8 Å². The van der Waals surface area contributed by atoms with Crippen LogP contribution in [-0.4, -0.2) is 10.2 Å². The second kappa shape index (κ2) is 2.83. The summed E-state index contributed by atoms with van der Waals surface area (Å²) in [6.45, 7) is 0. The van der Waals surface area contributed by atoms with Crippen molar-refractivity contribution < 1.29 is 19.0 Å². The molecule has 14 heavy (non-hydrogen) atoms. The summed E-state index contributed by atoms with van der Waals surface area (Å²) < 4.78 is 26.4. The standard InChI is InChI=1S/C10H6F2O2/c11-8-4-9(14)10(12)6-2-1-5(13)3-7(6)8/h1-4,13-14H. The molecule has 0 saturated heterocycles. The van der Waals surface area contributed by atoms with E-state index in [4.69, 9.17) is 10.2 Å². The number of phenolic OH excluding ortho intramolecular Hbond substituents is 2. The predicted molar refractivity (Wildman–Crippen MR) is 47.2 cm³/mol. The molecule has 0 spiro atoms. The zero-order valence-corrected chi connectivity index (χ0v) is 6.96. The molecule has 0 saturated carbocycles. The molecule has 4 heteroatoms. The SMILES string of the molecule is Oc1ccc2c(F)c(O)cc(F)c2c1. The number of hydrogen-bond acceptors (Lipinski definition) is 2. The van der Waals surface area contributed by atoms with E-state index in [0.29, 0.717) is 6.07 Å². The van der Waals surface area contributed by atoms with E-state index in [9.17, 15) is 8.78 Å². The Morgan fingerprint density at radius 1 is 0.929 bits per heavy atom. The van der Waals surface area contributed by atoms with Crippen LogP contribution in [0.15, 0.2) is 24.3 Å². The topological polar surface area (TPSA) is 40.5 Å². The second-order valence-electron chi connectivity index (χ2n) is 2.92. The predicted octanol–water partition coefficient (Wildman–Crippen LogP) is 2.53. The molecular formula is C10H6F2O2. The van der Waals surface area contributed by atoms with Crippen LogP contribution in [-0.2, 0) is 0 Å². The third kappa shape index (κ3) is 1.16. The van der Waals surface area contributed by atoms with Gasteiger partial charge in [0.25, 0.3) is 0 Å². The molecule has 0 radical (unpaired) electrons. The van der Waals surface area contributed by atoms with E-state index in [1.165, 1.54) is 12.1 Å². The van der Waals surface area contributed by atoms with Gasteiger partial charge in [0.05, 0.1) is 0 Å². The average Bonchev–Trinajstić information content (AvgIpc) is 2.14. The van der Waals surface area contributed by atoms with Crippen molar-refractivity contribution in [3.05, 3.63) is 35.9 Å². The van der Waals surface area contributed by atoms with Crippen LogP contribution in [0.3, 0.4) is 0 Å². The van der Waals surface area contributed by atoms with Gasteiger partial charge in [-0.15, -0.1) is 0 Å². The highest BCUT2D eigenvalue weighted by Crippen LogP contribution is 2.30. The molecule has 0 aliphatic heterocycles. The highest BCUT2D eigenvalue weighted by atomic mass is 19.1. The molecule has 0 unspecified atom stereocenters. The molecular weight excluding hydrogens is 190 g/mol. The Kier molecular flexibility index (Phi) is 1.77. The smallest absolute Gasteiger partial charge is 0.172 e. The first-order valence-corrected chi connectivity index (χ1v) is 3.89. The van der Waals surface area contributed by atoms with Crippen molar-refractivity contribution in [1.82, 2.24) is 0 Å². The lowest BCUT2D eigenvalue weighted by molar-refractivity contribution is 0.431. The van der Waals surface area contributed by atoms with Crippen molar-refractivity contribution in [1.29, 1.82) is 0 Å². The monoisotopic (exact) mass is 196 g/mol. The van der Waals surface area contributed by atoms with E-state index in [1.54, 1.807) is 0 Å². The largest absolute Gasteiger partial charge is 0.508 e. The zero-order valence-electron chi connectivity index (χ0n) is 6.96. The summed E-state index contributed by atoms with van der Waals surface area (Å²) in [5.74, 6) is -2.54. The minimum atomic E-state index is -0.888. The maximum absolute atomic E-state index is 13.2. The number of benzene rings is 2. The summed E-state index contributed by atoms with van der Waals surface area (Å²) in [6, 6.07) is 4.22. The molecule has 72 valence electrons. The Balaban J connectivity index is 2.94. The van der Waals surface area contributed by atoms with Crippen LogP contribution in [0.5, 0.6) is 11.5 Å².